The minimum atomic E-state index is -0.476. The predicted molar refractivity (Wildman–Crippen MR) is 94.9 cm³/mol. The van der Waals surface area contributed by atoms with Crippen LogP contribution in [0.4, 0.5) is 4.39 Å². The lowest BCUT2D eigenvalue weighted by Crippen LogP contribution is -2.50. The van der Waals surface area contributed by atoms with Crippen molar-refractivity contribution in [3.05, 3.63) is 71.0 Å². The monoisotopic (exact) mass is 356 g/mol. The van der Waals surface area contributed by atoms with E-state index < -0.39 is 5.82 Å². The normalized spacial score (nSPS) is 19.7. The third-order valence-electron chi connectivity index (χ3n) is 4.49. The largest absolute Gasteiger partial charge is 0.380 e. The van der Waals surface area contributed by atoms with E-state index in [9.17, 15) is 14.0 Å². The molecule has 26 heavy (non-hydrogen) atoms. The maximum Gasteiger partial charge on any atom is 0.251 e. The lowest BCUT2D eigenvalue weighted by atomic mass is 9.91. The molecule has 0 radical (unpaired) electrons. The molecule has 5 nitrogen and oxygen atoms in total. The standard InChI is InChI=1S/C20H21FN2O3/c1-26-12-15-8-7-14(11-16(15)21)20(25)22-17-9-10-18(24)23-19(17)13-5-3-2-4-6-13/h2-8,11,17,19H,9-10,12H2,1H3,(H,22,25)(H,23,24)/t17-,19+/m1/s1. The molecule has 0 bridgehead atoms. The Morgan fingerprint density at radius 1 is 1.27 bits per heavy atom. The summed E-state index contributed by atoms with van der Waals surface area (Å²) in [5.41, 5.74) is 1.56. The van der Waals surface area contributed by atoms with Gasteiger partial charge in [-0.25, -0.2) is 4.39 Å². The molecule has 2 atom stereocenters. The molecule has 2 N–H and O–H groups in total. The molecule has 2 amide bonds. The van der Waals surface area contributed by atoms with Gasteiger partial charge in [-0.1, -0.05) is 36.4 Å². The van der Waals surface area contributed by atoms with Crippen molar-refractivity contribution in [3.63, 3.8) is 0 Å². The van der Waals surface area contributed by atoms with E-state index in [1.807, 2.05) is 30.3 Å². The first kappa shape index (κ1) is 18.1. The van der Waals surface area contributed by atoms with E-state index in [-0.39, 0.29) is 36.1 Å². The van der Waals surface area contributed by atoms with Crippen molar-refractivity contribution < 1.29 is 18.7 Å². The van der Waals surface area contributed by atoms with Crippen LogP contribution in [0, 0.1) is 5.82 Å². The number of rotatable bonds is 5. The Hall–Kier alpha value is -2.73. The molecule has 1 fully saturated rings. The molecular weight excluding hydrogens is 335 g/mol. The second kappa shape index (κ2) is 8.10. The SMILES string of the molecule is COCc1ccc(C(=O)N[C@@H]2CCC(=O)N[C@H]2c2ccccc2)cc1F. The topological polar surface area (TPSA) is 67.4 Å². The van der Waals surface area contributed by atoms with Crippen LogP contribution in [0.5, 0.6) is 0 Å². The average molecular weight is 356 g/mol. The van der Waals surface area contributed by atoms with Crippen molar-refractivity contribution in [1.82, 2.24) is 10.6 Å². The molecule has 0 saturated carbocycles. The Morgan fingerprint density at radius 2 is 2.04 bits per heavy atom. The van der Waals surface area contributed by atoms with Gasteiger partial charge in [0.05, 0.1) is 18.7 Å². The summed E-state index contributed by atoms with van der Waals surface area (Å²) < 4.78 is 19.0. The minimum absolute atomic E-state index is 0.0423. The van der Waals surface area contributed by atoms with Gasteiger partial charge in [0.1, 0.15) is 5.82 Å². The molecule has 2 aromatic carbocycles. The highest BCUT2D eigenvalue weighted by atomic mass is 19.1. The number of piperidine rings is 1. The highest BCUT2D eigenvalue weighted by Gasteiger charge is 2.31. The van der Waals surface area contributed by atoms with E-state index in [0.29, 0.717) is 18.4 Å². The molecule has 2 aromatic rings. The number of hydrogen-bond acceptors (Lipinski definition) is 3. The Balaban J connectivity index is 1.76. The van der Waals surface area contributed by atoms with Crippen LogP contribution in [0.15, 0.2) is 48.5 Å². The first-order chi connectivity index (χ1) is 12.6. The molecule has 1 saturated heterocycles. The lowest BCUT2D eigenvalue weighted by Gasteiger charge is -2.33. The lowest BCUT2D eigenvalue weighted by molar-refractivity contribution is -0.123. The van der Waals surface area contributed by atoms with E-state index in [1.165, 1.54) is 13.2 Å². The first-order valence-corrected chi connectivity index (χ1v) is 8.51. The van der Waals surface area contributed by atoms with Gasteiger partial charge in [0.25, 0.3) is 5.91 Å². The summed E-state index contributed by atoms with van der Waals surface area (Å²) in [6.07, 6.45) is 0.872. The van der Waals surface area contributed by atoms with Gasteiger partial charge < -0.3 is 15.4 Å². The Bertz CT molecular complexity index is 795. The fourth-order valence-corrected chi connectivity index (χ4v) is 3.14. The predicted octanol–water partition coefficient (Wildman–Crippen LogP) is 2.72. The number of amides is 2. The molecule has 6 heteroatoms. The maximum atomic E-state index is 14.1. The van der Waals surface area contributed by atoms with Gasteiger partial charge >= 0.3 is 0 Å². The molecule has 1 aliphatic rings. The molecule has 0 aliphatic carbocycles. The van der Waals surface area contributed by atoms with Crippen LogP contribution in [0.2, 0.25) is 0 Å². The number of carbonyl (C=O) groups excluding carboxylic acids is 2. The summed E-state index contributed by atoms with van der Waals surface area (Å²) in [6.45, 7) is 0.151. The first-order valence-electron chi connectivity index (χ1n) is 8.51. The van der Waals surface area contributed by atoms with Gasteiger partial charge in [-0.15, -0.1) is 0 Å². The quantitative estimate of drug-likeness (QED) is 0.866. The van der Waals surface area contributed by atoms with Gasteiger partial charge in [0.2, 0.25) is 5.91 Å². The zero-order valence-electron chi connectivity index (χ0n) is 14.5. The molecule has 3 rings (SSSR count). The summed E-state index contributed by atoms with van der Waals surface area (Å²) >= 11 is 0. The van der Waals surface area contributed by atoms with Crippen molar-refractivity contribution >= 4 is 11.8 Å². The van der Waals surface area contributed by atoms with E-state index in [1.54, 1.807) is 12.1 Å². The number of hydrogen-bond donors (Lipinski definition) is 2. The van der Waals surface area contributed by atoms with Crippen molar-refractivity contribution in [2.45, 2.75) is 31.5 Å². The fourth-order valence-electron chi connectivity index (χ4n) is 3.14. The van der Waals surface area contributed by atoms with Crippen molar-refractivity contribution in [2.75, 3.05) is 7.11 Å². The maximum absolute atomic E-state index is 14.1. The van der Waals surface area contributed by atoms with Crippen molar-refractivity contribution in [1.29, 1.82) is 0 Å². The zero-order chi connectivity index (χ0) is 18.5. The van der Waals surface area contributed by atoms with Crippen LogP contribution in [-0.4, -0.2) is 25.0 Å². The number of carbonyl (C=O) groups is 2. The molecule has 136 valence electrons. The van der Waals surface area contributed by atoms with Crippen LogP contribution in [0.25, 0.3) is 0 Å². The molecule has 0 aromatic heterocycles. The van der Waals surface area contributed by atoms with Gasteiger partial charge in [0.15, 0.2) is 0 Å². The van der Waals surface area contributed by atoms with Gasteiger partial charge in [-0.05, 0) is 24.1 Å². The number of nitrogens with one attached hydrogen (secondary N) is 2. The molecular formula is C20H21FN2O3. The zero-order valence-corrected chi connectivity index (χ0v) is 14.5. The van der Waals surface area contributed by atoms with Crippen LogP contribution in [0.1, 0.15) is 40.4 Å². The molecule has 1 aliphatic heterocycles. The van der Waals surface area contributed by atoms with E-state index >= 15 is 0 Å². The Kier molecular flexibility index (Phi) is 5.63. The van der Waals surface area contributed by atoms with E-state index in [4.69, 9.17) is 4.74 Å². The molecule has 0 unspecified atom stereocenters. The van der Waals surface area contributed by atoms with E-state index in [2.05, 4.69) is 10.6 Å². The van der Waals surface area contributed by atoms with Crippen LogP contribution < -0.4 is 10.6 Å². The van der Waals surface area contributed by atoms with Crippen molar-refractivity contribution in [3.8, 4) is 0 Å². The third-order valence-corrected chi connectivity index (χ3v) is 4.49. The summed E-state index contributed by atoms with van der Waals surface area (Å²) in [5, 5.41) is 5.86. The second-order valence-corrected chi connectivity index (χ2v) is 6.31. The van der Waals surface area contributed by atoms with Crippen molar-refractivity contribution in [2.24, 2.45) is 0 Å². The number of methoxy groups -OCH3 is 1. The Morgan fingerprint density at radius 3 is 2.73 bits per heavy atom. The average Bonchev–Trinajstić information content (AvgIpc) is 2.65. The molecule has 0 spiro atoms. The van der Waals surface area contributed by atoms with E-state index in [0.717, 1.165) is 5.56 Å². The van der Waals surface area contributed by atoms with Crippen LogP contribution in [0.3, 0.4) is 0 Å². The minimum Gasteiger partial charge on any atom is -0.380 e. The summed E-state index contributed by atoms with van der Waals surface area (Å²) in [7, 11) is 1.49. The fraction of sp³-hybridized carbons (Fsp3) is 0.300. The highest BCUT2D eigenvalue weighted by molar-refractivity contribution is 5.94. The number of benzene rings is 2. The third kappa shape index (κ3) is 4.08. The summed E-state index contributed by atoms with van der Waals surface area (Å²) in [6, 6.07) is 13.3. The van der Waals surface area contributed by atoms with Crippen LogP contribution >= 0.6 is 0 Å². The molecule has 1 heterocycles. The summed E-state index contributed by atoms with van der Waals surface area (Å²) in [4.78, 5) is 24.4. The number of ether oxygens (including phenoxy) is 1. The second-order valence-electron chi connectivity index (χ2n) is 6.31. The van der Waals surface area contributed by atoms with Gasteiger partial charge in [0, 0.05) is 24.7 Å². The number of halogens is 1. The highest BCUT2D eigenvalue weighted by Crippen LogP contribution is 2.24. The summed E-state index contributed by atoms with van der Waals surface area (Å²) in [5.74, 6) is -0.884. The van der Waals surface area contributed by atoms with Gasteiger partial charge in [-0.2, -0.15) is 0 Å². The van der Waals surface area contributed by atoms with Gasteiger partial charge in [-0.3, -0.25) is 9.59 Å². The Labute approximate surface area is 151 Å². The smallest absolute Gasteiger partial charge is 0.251 e. The van der Waals surface area contributed by atoms with Crippen LogP contribution in [-0.2, 0) is 16.1 Å².